The summed E-state index contributed by atoms with van der Waals surface area (Å²) < 4.78 is 7.00. The Morgan fingerprint density at radius 3 is 2.58 bits per heavy atom. The summed E-state index contributed by atoms with van der Waals surface area (Å²) in [5.41, 5.74) is 7.25. The van der Waals surface area contributed by atoms with Gasteiger partial charge in [0.05, 0.1) is 16.8 Å². The Balaban J connectivity index is 1.87. The minimum atomic E-state index is -0.716. The van der Waals surface area contributed by atoms with Gasteiger partial charge in [0, 0.05) is 17.8 Å². The molecule has 2 heterocycles. The van der Waals surface area contributed by atoms with E-state index in [4.69, 9.17) is 10.5 Å². The van der Waals surface area contributed by atoms with E-state index >= 15 is 0 Å². The van der Waals surface area contributed by atoms with Crippen molar-refractivity contribution in [1.29, 1.82) is 0 Å². The van der Waals surface area contributed by atoms with Gasteiger partial charge in [-0.1, -0.05) is 0 Å². The molecule has 8 heteroatoms. The number of ether oxygens (including phenoxy) is 1. The molecule has 2 N–H and O–H groups in total. The van der Waals surface area contributed by atoms with Gasteiger partial charge in [0.25, 0.3) is 11.6 Å². The second kappa shape index (κ2) is 5.99. The predicted octanol–water partition coefficient (Wildman–Crippen LogP) is 2.16. The van der Waals surface area contributed by atoms with E-state index in [-0.39, 0.29) is 5.69 Å². The van der Waals surface area contributed by atoms with Crippen LogP contribution < -0.4 is 10.5 Å². The lowest BCUT2D eigenvalue weighted by Gasteiger charge is -2.11. The summed E-state index contributed by atoms with van der Waals surface area (Å²) in [5.74, 6) is -0.0227. The van der Waals surface area contributed by atoms with Crippen molar-refractivity contribution in [2.45, 2.75) is 13.0 Å². The summed E-state index contributed by atoms with van der Waals surface area (Å²) in [6.45, 7) is 1.57. The van der Waals surface area contributed by atoms with Crippen LogP contribution in [0.5, 0.6) is 5.75 Å². The highest BCUT2D eigenvalue weighted by atomic mass is 16.6. The molecule has 0 aliphatic carbocycles. The van der Waals surface area contributed by atoms with Crippen LogP contribution in [0.3, 0.4) is 0 Å². The Morgan fingerprint density at radius 1 is 1.25 bits per heavy atom. The molecule has 0 fully saturated rings. The number of pyridine rings is 1. The molecule has 1 atom stereocenters. The van der Waals surface area contributed by atoms with Gasteiger partial charge in [-0.25, -0.2) is 4.98 Å². The Labute approximate surface area is 136 Å². The molecule has 1 unspecified atom stereocenters. The van der Waals surface area contributed by atoms with Gasteiger partial charge < -0.3 is 10.5 Å². The van der Waals surface area contributed by atoms with E-state index in [2.05, 4.69) is 4.98 Å². The number of rotatable bonds is 5. The van der Waals surface area contributed by atoms with E-state index in [1.165, 1.54) is 12.3 Å². The van der Waals surface area contributed by atoms with E-state index in [0.717, 1.165) is 5.56 Å². The van der Waals surface area contributed by atoms with Crippen LogP contribution in [0.4, 0.5) is 5.69 Å². The number of nitrogens with zero attached hydrogens (tertiary/aromatic N) is 3. The zero-order valence-corrected chi connectivity index (χ0v) is 12.7. The monoisotopic (exact) mass is 326 g/mol. The van der Waals surface area contributed by atoms with Gasteiger partial charge in [-0.15, -0.1) is 0 Å². The normalized spacial score (nSPS) is 12.0. The summed E-state index contributed by atoms with van der Waals surface area (Å²) in [6.07, 6.45) is 2.41. The van der Waals surface area contributed by atoms with Crippen molar-refractivity contribution in [3.8, 4) is 17.0 Å². The van der Waals surface area contributed by atoms with Crippen LogP contribution >= 0.6 is 0 Å². The first-order valence-electron chi connectivity index (χ1n) is 7.13. The van der Waals surface area contributed by atoms with Crippen molar-refractivity contribution in [2.75, 3.05) is 0 Å². The molecule has 1 aromatic carbocycles. The van der Waals surface area contributed by atoms with E-state index in [1.807, 2.05) is 0 Å². The molecule has 24 heavy (non-hydrogen) atoms. The zero-order valence-electron chi connectivity index (χ0n) is 12.7. The molecule has 0 saturated carbocycles. The first kappa shape index (κ1) is 15.5. The van der Waals surface area contributed by atoms with Gasteiger partial charge in [-0.05, 0) is 37.3 Å². The molecule has 0 saturated heterocycles. The summed E-state index contributed by atoms with van der Waals surface area (Å²) in [7, 11) is 0. The summed E-state index contributed by atoms with van der Waals surface area (Å²) >= 11 is 0. The number of carbonyl (C=O) groups is 1. The third-order valence-electron chi connectivity index (χ3n) is 3.51. The topological polar surface area (TPSA) is 113 Å². The number of hydrogen-bond donors (Lipinski definition) is 1. The van der Waals surface area contributed by atoms with Crippen molar-refractivity contribution in [2.24, 2.45) is 5.73 Å². The maximum Gasteiger partial charge on any atom is 0.286 e. The van der Waals surface area contributed by atoms with E-state index in [1.54, 1.807) is 47.9 Å². The molecule has 2 aromatic heterocycles. The number of amides is 1. The van der Waals surface area contributed by atoms with Crippen LogP contribution in [-0.4, -0.2) is 26.3 Å². The molecule has 0 aliphatic heterocycles. The number of nitro groups is 1. The van der Waals surface area contributed by atoms with E-state index in [9.17, 15) is 14.9 Å². The Hall–Kier alpha value is -3.42. The molecule has 8 nitrogen and oxygen atoms in total. The lowest BCUT2D eigenvalue weighted by Crippen LogP contribution is -2.30. The molecule has 3 rings (SSSR count). The number of nitrogens with two attached hydrogens (primary N) is 1. The van der Waals surface area contributed by atoms with Crippen LogP contribution in [-0.2, 0) is 4.79 Å². The lowest BCUT2D eigenvalue weighted by molar-refractivity contribution is -0.385. The van der Waals surface area contributed by atoms with E-state index < -0.39 is 16.9 Å². The molecular weight excluding hydrogens is 312 g/mol. The maximum absolute atomic E-state index is 11.0. The second-order valence-corrected chi connectivity index (χ2v) is 5.22. The third kappa shape index (κ3) is 3.02. The predicted molar refractivity (Wildman–Crippen MR) is 86.6 cm³/mol. The van der Waals surface area contributed by atoms with Crippen molar-refractivity contribution in [3.05, 3.63) is 58.9 Å². The van der Waals surface area contributed by atoms with Crippen LogP contribution in [0.25, 0.3) is 16.9 Å². The number of hydrogen-bond acceptors (Lipinski definition) is 5. The quantitative estimate of drug-likeness (QED) is 0.570. The first-order valence-corrected chi connectivity index (χ1v) is 7.13. The van der Waals surface area contributed by atoms with Gasteiger partial charge in [-0.3, -0.25) is 19.3 Å². The first-order chi connectivity index (χ1) is 11.4. The molecule has 0 bridgehead atoms. The average Bonchev–Trinajstić information content (AvgIpc) is 2.98. The van der Waals surface area contributed by atoms with E-state index in [0.29, 0.717) is 17.1 Å². The van der Waals surface area contributed by atoms with Gasteiger partial charge in [0.2, 0.25) is 0 Å². The highest BCUT2D eigenvalue weighted by Crippen LogP contribution is 2.24. The maximum atomic E-state index is 11.0. The Bertz CT molecular complexity index is 917. The van der Waals surface area contributed by atoms with Crippen molar-refractivity contribution in [1.82, 2.24) is 9.38 Å². The molecule has 3 aromatic rings. The van der Waals surface area contributed by atoms with Gasteiger partial charge in [0.1, 0.15) is 11.4 Å². The van der Waals surface area contributed by atoms with Crippen molar-refractivity contribution >= 4 is 17.2 Å². The van der Waals surface area contributed by atoms with Crippen molar-refractivity contribution in [3.63, 3.8) is 0 Å². The summed E-state index contributed by atoms with van der Waals surface area (Å²) in [4.78, 5) is 25.8. The number of imidazole rings is 1. The van der Waals surface area contributed by atoms with Crippen LogP contribution in [0, 0.1) is 10.1 Å². The standard InChI is InChI=1S/C16H14N4O4/c1-10(16(17)21)24-13-5-2-11(3-6-13)14-9-19-8-12(20(22)23)4-7-15(19)18-14/h2-10H,1H3,(H2,17,21). The van der Waals surface area contributed by atoms with Crippen LogP contribution in [0.15, 0.2) is 48.8 Å². The molecule has 1 amide bonds. The Kier molecular flexibility index (Phi) is 3.87. The van der Waals surface area contributed by atoms with Gasteiger partial charge in [-0.2, -0.15) is 0 Å². The number of aromatic nitrogens is 2. The molecular formula is C16H14N4O4. The highest BCUT2D eigenvalue weighted by Gasteiger charge is 2.12. The van der Waals surface area contributed by atoms with Crippen LogP contribution in [0.1, 0.15) is 6.92 Å². The zero-order chi connectivity index (χ0) is 17.3. The number of fused-ring (bicyclic) bond motifs is 1. The fourth-order valence-electron chi connectivity index (χ4n) is 2.19. The SMILES string of the molecule is CC(Oc1ccc(-c2cn3cc([N+](=O)[O-])ccc3n2)cc1)C(N)=O. The number of carbonyl (C=O) groups excluding carboxylic acids is 1. The summed E-state index contributed by atoms with van der Waals surface area (Å²) in [5, 5.41) is 10.8. The van der Waals surface area contributed by atoms with Gasteiger partial charge >= 0.3 is 0 Å². The van der Waals surface area contributed by atoms with Crippen LogP contribution in [0.2, 0.25) is 0 Å². The highest BCUT2D eigenvalue weighted by molar-refractivity contribution is 5.78. The summed E-state index contributed by atoms with van der Waals surface area (Å²) in [6, 6.07) is 10.0. The smallest absolute Gasteiger partial charge is 0.286 e. The largest absolute Gasteiger partial charge is 0.481 e. The fourth-order valence-corrected chi connectivity index (χ4v) is 2.19. The lowest BCUT2D eigenvalue weighted by atomic mass is 10.1. The molecule has 122 valence electrons. The number of primary amides is 1. The third-order valence-corrected chi connectivity index (χ3v) is 3.51. The number of benzene rings is 1. The van der Waals surface area contributed by atoms with Crippen molar-refractivity contribution < 1.29 is 14.5 Å². The minimum Gasteiger partial charge on any atom is -0.481 e. The average molecular weight is 326 g/mol. The molecule has 0 aliphatic rings. The fraction of sp³-hybridized carbons (Fsp3) is 0.125. The molecule has 0 radical (unpaired) electrons. The molecule has 0 spiro atoms. The Morgan fingerprint density at radius 2 is 1.96 bits per heavy atom. The second-order valence-electron chi connectivity index (χ2n) is 5.22. The van der Waals surface area contributed by atoms with Gasteiger partial charge in [0.15, 0.2) is 6.10 Å². The minimum absolute atomic E-state index is 0.00404.